The Kier molecular flexibility index (Phi) is 10.8. The van der Waals surface area contributed by atoms with Crippen LogP contribution in [0.15, 0.2) is 0 Å². The van der Waals surface area contributed by atoms with Crippen molar-refractivity contribution >= 4 is 8.80 Å². The summed E-state index contributed by atoms with van der Waals surface area (Å²) in [6, 6.07) is 0. The van der Waals surface area contributed by atoms with Gasteiger partial charge in [0.05, 0.1) is 0 Å². The molecule has 0 aromatic carbocycles. The van der Waals surface area contributed by atoms with Crippen LogP contribution in [-0.4, -0.2) is 28.6 Å². The maximum Gasteiger partial charge on any atom is 0.506 e. The van der Waals surface area contributed by atoms with E-state index >= 15 is 0 Å². The molecule has 0 atom stereocenters. The minimum absolute atomic E-state index is 0.0114. The smallest absolute Gasteiger partial charge is 0.373 e. The molecular weight excluding hydrogens is 268 g/mol. The summed E-state index contributed by atoms with van der Waals surface area (Å²) in [5.41, 5.74) is 0. The fourth-order valence-corrected chi connectivity index (χ4v) is 5.52. The number of unbranched alkanes of at least 4 members (excludes halogenated alkanes) is 1. The summed E-state index contributed by atoms with van der Waals surface area (Å²) >= 11 is 0. The van der Waals surface area contributed by atoms with E-state index < -0.39 is 8.80 Å². The zero-order valence-electron chi connectivity index (χ0n) is 14.6. The van der Waals surface area contributed by atoms with Crippen molar-refractivity contribution in [2.45, 2.75) is 85.1 Å². The molecule has 0 aliphatic carbocycles. The van der Waals surface area contributed by atoms with Gasteiger partial charge in [-0.1, -0.05) is 54.4 Å². The molecule has 0 radical (unpaired) electrons. The molecule has 0 saturated heterocycles. The quantitative estimate of drug-likeness (QED) is 0.439. The van der Waals surface area contributed by atoms with Gasteiger partial charge in [-0.15, -0.1) is 0 Å². The van der Waals surface area contributed by atoms with E-state index in [9.17, 15) is 0 Å². The fourth-order valence-electron chi connectivity index (χ4n) is 2.19. The molecule has 0 aliphatic heterocycles. The van der Waals surface area contributed by atoms with Gasteiger partial charge in [0.2, 0.25) is 0 Å². The first-order valence-corrected chi connectivity index (χ1v) is 10.1. The van der Waals surface area contributed by atoms with Crippen molar-refractivity contribution in [1.82, 2.24) is 0 Å². The Morgan fingerprint density at radius 1 is 0.700 bits per heavy atom. The molecular formula is C16H36O3Si. The van der Waals surface area contributed by atoms with E-state index in [1.54, 1.807) is 0 Å². The van der Waals surface area contributed by atoms with Crippen LogP contribution < -0.4 is 0 Å². The highest BCUT2D eigenvalue weighted by atomic mass is 28.4. The molecule has 0 spiro atoms. The van der Waals surface area contributed by atoms with E-state index in [-0.39, 0.29) is 5.04 Å². The topological polar surface area (TPSA) is 27.7 Å². The molecule has 3 nitrogen and oxygen atoms in total. The third-order valence-corrected chi connectivity index (χ3v) is 7.13. The predicted octanol–water partition coefficient (Wildman–Crippen LogP) is 5.18. The van der Waals surface area contributed by atoms with Crippen molar-refractivity contribution in [2.24, 2.45) is 0 Å². The molecule has 0 fully saturated rings. The van der Waals surface area contributed by atoms with Crippen LogP contribution in [0.1, 0.15) is 80.1 Å². The lowest BCUT2D eigenvalue weighted by atomic mass is 10.1. The SMILES string of the molecule is CCCCC(C)(C)[Si](OCCC)(OCCC)OCCC. The van der Waals surface area contributed by atoms with E-state index in [2.05, 4.69) is 41.5 Å². The fraction of sp³-hybridized carbons (Fsp3) is 1.00. The molecule has 0 bridgehead atoms. The van der Waals surface area contributed by atoms with E-state index in [0.29, 0.717) is 0 Å². The second-order valence-electron chi connectivity index (χ2n) is 6.09. The Morgan fingerprint density at radius 2 is 1.10 bits per heavy atom. The Hall–Kier alpha value is 0.0969. The Balaban J connectivity index is 5.08. The van der Waals surface area contributed by atoms with Crippen LogP contribution in [0.3, 0.4) is 0 Å². The van der Waals surface area contributed by atoms with Crippen molar-refractivity contribution < 1.29 is 13.3 Å². The maximum atomic E-state index is 6.24. The summed E-state index contributed by atoms with van der Waals surface area (Å²) in [4.78, 5) is 0. The van der Waals surface area contributed by atoms with Gasteiger partial charge in [0.25, 0.3) is 0 Å². The average molecular weight is 305 g/mol. The van der Waals surface area contributed by atoms with Gasteiger partial charge in [-0.2, -0.15) is 0 Å². The normalized spacial score (nSPS) is 12.9. The average Bonchev–Trinajstić information content (AvgIpc) is 2.44. The highest BCUT2D eigenvalue weighted by Crippen LogP contribution is 2.44. The first-order valence-electron chi connectivity index (χ1n) is 8.41. The zero-order chi connectivity index (χ0) is 15.5. The molecule has 122 valence electrons. The summed E-state index contributed by atoms with van der Waals surface area (Å²) in [5, 5.41) is -0.0114. The summed E-state index contributed by atoms with van der Waals surface area (Å²) < 4.78 is 18.7. The summed E-state index contributed by atoms with van der Waals surface area (Å²) in [7, 11) is -2.62. The summed E-state index contributed by atoms with van der Waals surface area (Å²) in [6.45, 7) is 15.4. The zero-order valence-corrected chi connectivity index (χ0v) is 15.6. The van der Waals surface area contributed by atoms with Crippen molar-refractivity contribution in [3.63, 3.8) is 0 Å². The maximum absolute atomic E-state index is 6.24. The van der Waals surface area contributed by atoms with Gasteiger partial charge in [-0.3, -0.25) is 0 Å². The van der Waals surface area contributed by atoms with Gasteiger partial charge in [-0.25, -0.2) is 0 Å². The van der Waals surface area contributed by atoms with Crippen molar-refractivity contribution in [3.05, 3.63) is 0 Å². The van der Waals surface area contributed by atoms with Crippen LogP contribution in [0.2, 0.25) is 5.04 Å². The number of rotatable bonds is 13. The van der Waals surface area contributed by atoms with Crippen molar-refractivity contribution in [2.75, 3.05) is 19.8 Å². The van der Waals surface area contributed by atoms with E-state index in [0.717, 1.165) is 45.5 Å². The minimum atomic E-state index is -2.62. The monoisotopic (exact) mass is 304 g/mol. The van der Waals surface area contributed by atoms with Crippen LogP contribution in [0.25, 0.3) is 0 Å². The summed E-state index contributed by atoms with van der Waals surface area (Å²) in [6.07, 6.45) is 6.51. The lowest BCUT2D eigenvalue weighted by molar-refractivity contribution is 0.0355. The largest absolute Gasteiger partial charge is 0.506 e. The Morgan fingerprint density at radius 3 is 1.40 bits per heavy atom. The van der Waals surface area contributed by atoms with Crippen molar-refractivity contribution in [3.8, 4) is 0 Å². The Bertz CT molecular complexity index is 210. The minimum Gasteiger partial charge on any atom is -0.373 e. The predicted molar refractivity (Wildman–Crippen MR) is 88.0 cm³/mol. The van der Waals surface area contributed by atoms with Gasteiger partial charge in [-0.05, 0) is 25.7 Å². The summed E-state index contributed by atoms with van der Waals surface area (Å²) in [5.74, 6) is 0. The molecule has 0 N–H and O–H groups in total. The number of hydrogen-bond donors (Lipinski definition) is 0. The van der Waals surface area contributed by atoms with E-state index in [4.69, 9.17) is 13.3 Å². The molecule has 0 amide bonds. The third-order valence-electron chi connectivity index (χ3n) is 3.47. The molecule has 0 aromatic rings. The van der Waals surface area contributed by atoms with Crippen molar-refractivity contribution in [1.29, 1.82) is 0 Å². The Labute approximate surface area is 127 Å². The second kappa shape index (κ2) is 10.8. The standard InChI is InChI=1S/C16H36O3Si/c1-7-11-12-16(5,6)20(17-13-8-2,18-14-9-3)19-15-10-4/h7-15H2,1-6H3. The van der Waals surface area contributed by atoms with Gasteiger partial charge in [0, 0.05) is 24.9 Å². The van der Waals surface area contributed by atoms with Crippen LogP contribution in [0.4, 0.5) is 0 Å². The molecule has 0 heterocycles. The second-order valence-corrected chi connectivity index (χ2v) is 9.42. The van der Waals surface area contributed by atoms with Crippen LogP contribution in [0, 0.1) is 0 Å². The highest BCUT2D eigenvalue weighted by Gasteiger charge is 2.55. The molecule has 0 aromatic heterocycles. The molecule has 0 aliphatic rings. The lowest BCUT2D eigenvalue weighted by Gasteiger charge is -2.41. The molecule has 0 saturated carbocycles. The molecule has 20 heavy (non-hydrogen) atoms. The van der Waals surface area contributed by atoms with Crippen LogP contribution in [-0.2, 0) is 13.3 Å². The number of hydrogen-bond acceptors (Lipinski definition) is 3. The van der Waals surface area contributed by atoms with E-state index in [1.807, 2.05) is 0 Å². The van der Waals surface area contributed by atoms with E-state index in [1.165, 1.54) is 12.8 Å². The molecule has 0 rings (SSSR count). The molecule has 4 heteroatoms. The highest BCUT2D eigenvalue weighted by molar-refractivity contribution is 6.64. The van der Waals surface area contributed by atoms with Crippen LogP contribution >= 0.6 is 0 Å². The van der Waals surface area contributed by atoms with Gasteiger partial charge in [0.1, 0.15) is 0 Å². The van der Waals surface area contributed by atoms with Gasteiger partial charge in [0.15, 0.2) is 0 Å². The first-order chi connectivity index (χ1) is 9.49. The molecule has 0 unspecified atom stereocenters. The van der Waals surface area contributed by atoms with Gasteiger partial charge >= 0.3 is 8.80 Å². The lowest BCUT2D eigenvalue weighted by Crippen LogP contribution is -2.55. The van der Waals surface area contributed by atoms with Gasteiger partial charge < -0.3 is 13.3 Å². The first kappa shape index (κ1) is 20.1. The third kappa shape index (κ3) is 6.25. The van der Waals surface area contributed by atoms with Crippen LogP contribution in [0.5, 0.6) is 0 Å².